The molecule has 0 N–H and O–H groups in total. The van der Waals surface area contributed by atoms with Crippen LogP contribution in [0.25, 0.3) is 0 Å². The van der Waals surface area contributed by atoms with Crippen molar-refractivity contribution >= 4 is 5.69 Å². The number of anilines is 1. The average Bonchev–Trinajstić information content (AvgIpc) is 3.38. The Kier molecular flexibility index (Phi) is 6.10. The second-order valence-corrected chi connectivity index (χ2v) is 10.3. The first-order chi connectivity index (χ1) is 14.1. The van der Waals surface area contributed by atoms with Crippen LogP contribution >= 0.6 is 0 Å². The highest BCUT2D eigenvalue weighted by atomic mass is 19.4. The molecule has 3 fully saturated rings. The van der Waals surface area contributed by atoms with Gasteiger partial charge >= 0.3 is 6.18 Å². The molecule has 2 saturated heterocycles. The minimum atomic E-state index is -4.29. The van der Waals surface area contributed by atoms with Gasteiger partial charge in [-0.25, -0.2) is 0 Å². The smallest absolute Gasteiger partial charge is 0.371 e. The topological polar surface area (TPSA) is 9.72 Å². The molecule has 1 aromatic carbocycles. The zero-order chi connectivity index (χ0) is 21.5. The van der Waals surface area contributed by atoms with E-state index in [1.807, 2.05) is 0 Å². The molecular weight excluding hydrogens is 387 g/mol. The van der Waals surface area contributed by atoms with Crippen LogP contribution < -0.4 is 4.90 Å². The van der Waals surface area contributed by atoms with E-state index in [9.17, 15) is 13.2 Å². The van der Waals surface area contributed by atoms with Crippen LogP contribution in [-0.2, 0) is 12.7 Å². The van der Waals surface area contributed by atoms with Crippen molar-refractivity contribution in [3.63, 3.8) is 0 Å². The lowest BCUT2D eigenvalue weighted by Crippen LogP contribution is -2.51. The van der Waals surface area contributed by atoms with E-state index in [1.165, 1.54) is 25.0 Å². The number of hydrogen-bond donors (Lipinski definition) is 0. The second-order valence-electron chi connectivity index (χ2n) is 10.3. The summed E-state index contributed by atoms with van der Waals surface area (Å²) in [5, 5.41) is 0. The summed E-state index contributed by atoms with van der Waals surface area (Å²) in [7, 11) is 0. The van der Waals surface area contributed by atoms with E-state index in [2.05, 4.69) is 35.5 Å². The zero-order valence-corrected chi connectivity index (χ0v) is 18.6. The molecule has 0 aromatic heterocycles. The van der Waals surface area contributed by atoms with Gasteiger partial charge in [0.25, 0.3) is 0 Å². The molecule has 168 valence electrons. The van der Waals surface area contributed by atoms with Crippen LogP contribution in [0.1, 0.15) is 70.4 Å². The van der Waals surface area contributed by atoms with Gasteiger partial charge in [0.1, 0.15) is 0 Å². The van der Waals surface area contributed by atoms with Crippen LogP contribution in [-0.4, -0.2) is 53.6 Å². The Bertz CT molecular complexity index is 722. The first-order valence-electron chi connectivity index (χ1n) is 11.6. The van der Waals surface area contributed by atoms with Crippen LogP contribution in [0.5, 0.6) is 0 Å². The number of halogens is 3. The summed E-state index contributed by atoms with van der Waals surface area (Å²) < 4.78 is 40.1. The Morgan fingerprint density at radius 1 is 0.900 bits per heavy atom. The number of piperidine rings is 1. The predicted molar refractivity (Wildman–Crippen MR) is 116 cm³/mol. The molecule has 4 rings (SSSR count). The van der Waals surface area contributed by atoms with E-state index >= 15 is 0 Å². The molecule has 0 radical (unpaired) electrons. The van der Waals surface area contributed by atoms with Gasteiger partial charge in [0, 0.05) is 56.0 Å². The van der Waals surface area contributed by atoms with E-state index < -0.39 is 11.7 Å². The normalized spacial score (nSPS) is 22.3. The summed E-state index contributed by atoms with van der Waals surface area (Å²) in [4.78, 5) is 7.34. The van der Waals surface area contributed by atoms with E-state index in [0.717, 1.165) is 69.7 Å². The summed E-state index contributed by atoms with van der Waals surface area (Å²) >= 11 is 0. The van der Waals surface area contributed by atoms with Gasteiger partial charge in [-0.15, -0.1) is 0 Å². The molecular formula is C24H36F3N3. The van der Waals surface area contributed by atoms with Crippen molar-refractivity contribution in [3.05, 3.63) is 29.3 Å². The number of likely N-dealkylation sites (tertiary alicyclic amines) is 1. The van der Waals surface area contributed by atoms with Gasteiger partial charge in [0.05, 0.1) is 5.56 Å². The summed E-state index contributed by atoms with van der Waals surface area (Å²) in [6.07, 6.45) is 2.57. The lowest BCUT2D eigenvalue weighted by molar-refractivity contribution is -0.137. The Labute approximate surface area is 179 Å². The Hall–Kier alpha value is -1.27. The average molecular weight is 424 g/mol. The molecule has 1 aliphatic carbocycles. The summed E-state index contributed by atoms with van der Waals surface area (Å²) in [5.41, 5.74) is 1.55. The van der Waals surface area contributed by atoms with Crippen molar-refractivity contribution in [1.29, 1.82) is 0 Å². The first kappa shape index (κ1) is 21.9. The molecule has 2 heterocycles. The van der Waals surface area contributed by atoms with Crippen molar-refractivity contribution in [3.8, 4) is 0 Å². The number of rotatable bonds is 5. The lowest BCUT2D eigenvalue weighted by atomic mass is 9.96. The molecule has 30 heavy (non-hydrogen) atoms. The van der Waals surface area contributed by atoms with Gasteiger partial charge in [0.2, 0.25) is 0 Å². The van der Waals surface area contributed by atoms with E-state index in [-0.39, 0.29) is 5.54 Å². The Balaban J connectivity index is 1.54. The number of hydrogen-bond acceptors (Lipinski definition) is 3. The summed E-state index contributed by atoms with van der Waals surface area (Å²) in [6, 6.07) is 5.56. The largest absolute Gasteiger partial charge is 0.416 e. The highest BCUT2D eigenvalue weighted by Crippen LogP contribution is 2.38. The minimum Gasteiger partial charge on any atom is -0.371 e. The molecule has 2 aliphatic heterocycles. The zero-order valence-electron chi connectivity index (χ0n) is 18.6. The van der Waals surface area contributed by atoms with Gasteiger partial charge in [0.15, 0.2) is 0 Å². The quantitative estimate of drug-likeness (QED) is 0.616. The number of benzene rings is 1. The van der Waals surface area contributed by atoms with E-state index in [1.54, 1.807) is 6.07 Å². The van der Waals surface area contributed by atoms with Gasteiger partial charge < -0.3 is 4.90 Å². The molecule has 6 heteroatoms. The third-order valence-electron chi connectivity index (χ3n) is 7.11. The van der Waals surface area contributed by atoms with Gasteiger partial charge in [-0.2, -0.15) is 13.2 Å². The second kappa shape index (κ2) is 8.34. The van der Waals surface area contributed by atoms with Crippen molar-refractivity contribution < 1.29 is 13.2 Å². The van der Waals surface area contributed by atoms with Crippen molar-refractivity contribution in [2.45, 2.75) is 89.6 Å². The molecule has 3 nitrogen and oxygen atoms in total. The molecule has 0 amide bonds. The highest BCUT2D eigenvalue weighted by Gasteiger charge is 2.38. The minimum absolute atomic E-state index is 0.200. The summed E-state index contributed by atoms with van der Waals surface area (Å²) in [6.45, 7) is 11.5. The molecule has 1 saturated carbocycles. The maximum absolute atomic E-state index is 13.4. The fourth-order valence-corrected chi connectivity index (χ4v) is 5.15. The van der Waals surface area contributed by atoms with Crippen molar-refractivity contribution in [1.82, 2.24) is 9.80 Å². The third kappa shape index (κ3) is 4.96. The molecule has 0 spiro atoms. The van der Waals surface area contributed by atoms with Crippen molar-refractivity contribution in [2.75, 3.05) is 31.1 Å². The Morgan fingerprint density at radius 3 is 2.03 bits per heavy atom. The molecule has 0 unspecified atom stereocenters. The maximum atomic E-state index is 13.4. The third-order valence-corrected chi connectivity index (χ3v) is 7.11. The lowest BCUT2D eigenvalue weighted by Gasteiger charge is -2.44. The number of nitrogens with zero attached hydrogens (tertiary/aromatic N) is 3. The highest BCUT2D eigenvalue weighted by molar-refractivity contribution is 5.57. The van der Waals surface area contributed by atoms with Crippen LogP contribution in [0.2, 0.25) is 0 Å². The Morgan fingerprint density at radius 2 is 1.50 bits per heavy atom. The molecule has 1 aromatic rings. The fraction of sp³-hybridized carbons (Fsp3) is 0.750. The van der Waals surface area contributed by atoms with Gasteiger partial charge in [-0.3, -0.25) is 9.80 Å². The first-order valence-corrected chi connectivity index (χ1v) is 11.6. The van der Waals surface area contributed by atoms with Crippen LogP contribution in [0.3, 0.4) is 0 Å². The SMILES string of the molecule is CC(C)(C)N1CCC(N(Cc2ccc(C(F)(F)F)cc2N2CCCC2)C2CC2)CC1. The monoisotopic (exact) mass is 423 g/mol. The standard InChI is InChI=1S/C24H36F3N3/c1-23(2,3)29-14-10-21(11-15-29)30(20-8-9-20)17-18-6-7-19(24(25,26)27)16-22(18)28-12-4-5-13-28/h6-7,16,20-21H,4-5,8-15,17H2,1-3H3. The molecule has 0 atom stereocenters. The van der Waals surface area contributed by atoms with Crippen LogP contribution in [0.4, 0.5) is 18.9 Å². The van der Waals surface area contributed by atoms with E-state index in [4.69, 9.17) is 0 Å². The van der Waals surface area contributed by atoms with Gasteiger partial charge in [-0.1, -0.05) is 6.07 Å². The van der Waals surface area contributed by atoms with Crippen LogP contribution in [0.15, 0.2) is 18.2 Å². The number of alkyl halides is 3. The predicted octanol–water partition coefficient (Wildman–Crippen LogP) is 5.53. The van der Waals surface area contributed by atoms with Crippen LogP contribution in [0, 0.1) is 0 Å². The maximum Gasteiger partial charge on any atom is 0.416 e. The molecule has 3 aliphatic rings. The van der Waals surface area contributed by atoms with Gasteiger partial charge in [-0.05, 0) is 77.0 Å². The molecule has 0 bridgehead atoms. The van der Waals surface area contributed by atoms with Crippen molar-refractivity contribution in [2.24, 2.45) is 0 Å². The fourth-order valence-electron chi connectivity index (χ4n) is 5.15. The summed E-state index contributed by atoms with van der Waals surface area (Å²) in [5.74, 6) is 0. The van der Waals surface area contributed by atoms with E-state index in [0.29, 0.717) is 12.1 Å².